The molecule has 0 heterocycles. The number of aliphatic hydroxyl groups excluding tert-OH is 1. The van der Waals surface area contributed by atoms with Crippen LogP contribution in [0.3, 0.4) is 0 Å². The Hall–Kier alpha value is 0.110. The molecule has 1 N–H and O–H groups in total. The first-order valence-corrected chi connectivity index (χ1v) is 5.46. The molecule has 0 unspecified atom stereocenters. The van der Waals surface area contributed by atoms with Gasteiger partial charge in [-0.25, -0.2) is 0 Å². The number of hydrogen-bond acceptors (Lipinski definition) is 4. The molecule has 0 aliphatic carbocycles. The molecule has 0 aromatic rings. The molecule has 4 nitrogen and oxygen atoms in total. The molecule has 0 spiro atoms. The number of aliphatic hydroxyl groups is 1. The summed E-state index contributed by atoms with van der Waals surface area (Å²) in [5.74, 6) is -0.758. The lowest BCUT2D eigenvalue weighted by Crippen LogP contribution is -2.13. The van der Waals surface area contributed by atoms with Gasteiger partial charge >= 0.3 is 7.60 Å². The molecule has 1 atom stereocenters. The maximum absolute atomic E-state index is 11.5. The number of rotatable bonds is 5. The Labute approximate surface area is 73.4 Å². The van der Waals surface area contributed by atoms with Crippen LogP contribution in [0.15, 0.2) is 0 Å². The van der Waals surface area contributed by atoms with Gasteiger partial charge in [0.1, 0.15) is 0 Å². The van der Waals surface area contributed by atoms with Gasteiger partial charge in [-0.2, -0.15) is 0 Å². The predicted molar refractivity (Wildman–Crippen MR) is 47.1 cm³/mol. The minimum Gasteiger partial charge on any atom is -0.380 e. The third-order valence-corrected chi connectivity index (χ3v) is 3.52. The normalized spacial score (nSPS) is 15.2. The standard InChI is InChI=1S/C7H17O4P/c1-6(2)5-7(8)12(9,10-3)11-4/h6-8H,5H2,1-4H3/t7-/m0/s1. The molecule has 0 amide bonds. The second kappa shape index (κ2) is 4.97. The monoisotopic (exact) mass is 196 g/mol. The highest BCUT2D eigenvalue weighted by atomic mass is 31.2. The lowest BCUT2D eigenvalue weighted by atomic mass is 10.1. The van der Waals surface area contributed by atoms with Crippen LogP contribution < -0.4 is 0 Å². The van der Waals surface area contributed by atoms with Crippen LogP contribution in [-0.2, 0) is 13.6 Å². The summed E-state index contributed by atoms with van der Waals surface area (Å²) in [6.07, 6.45) is 0.416. The van der Waals surface area contributed by atoms with E-state index in [0.717, 1.165) is 0 Å². The van der Waals surface area contributed by atoms with Crippen molar-refractivity contribution in [2.45, 2.75) is 26.1 Å². The first kappa shape index (κ1) is 12.1. The van der Waals surface area contributed by atoms with Crippen LogP contribution in [0, 0.1) is 5.92 Å². The summed E-state index contributed by atoms with van der Waals surface area (Å²) in [5, 5.41) is 9.43. The summed E-state index contributed by atoms with van der Waals surface area (Å²) in [7, 11) is -0.727. The van der Waals surface area contributed by atoms with Crippen molar-refractivity contribution >= 4 is 7.60 Å². The highest BCUT2D eigenvalue weighted by molar-refractivity contribution is 7.54. The van der Waals surface area contributed by atoms with E-state index in [1.807, 2.05) is 13.8 Å². The lowest BCUT2D eigenvalue weighted by Gasteiger charge is -2.20. The van der Waals surface area contributed by atoms with Gasteiger partial charge in [-0.1, -0.05) is 13.8 Å². The smallest absolute Gasteiger partial charge is 0.358 e. The van der Waals surface area contributed by atoms with Crippen LogP contribution in [0.1, 0.15) is 20.3 Å². The van der Waals surface area contributed by atoms with Crippen LogP contribution in [0.5, 0.6) is 0 Å². The molecule has 5 heteroatoms. The Balaban J connectivity index is 4.22. The van der Waals surface area contributed by atoms with Gasteiger partial charge in [0.2, 0.25) is 0 Å². The molecule has 0 fully saturated rings. The molecule has 12 heavy (non-hydrogen) atoms. The second-order valence-electron chi connectivity index (χ2n) is 3.02. The molecule has 0 aromatic heterocycles. The summed E-state index contributed by atoms with van der Waals surface area (Å²) < 4.78 is 20.8. The quantitative estimate of drug-likeness (QED) is 0.681. The first-order chi connectivity index (χ1) is 5.46. The van der Waals surface area contributed by atoms with E-state index in [0.29, 0.717) is 6.42 Å². The third-order valence-electron chi connectivity index (χ3n) is 1.56. The average Bonchev–Trinajstić information content (AvgIpc) is 2.02. The van der Waals surface area contributed by atoms with Crippen molar-refractivity contribution in [2.75, 3.05) is 14.2 Å². The van der Waals surface area contributed by atoms with E-state index in [4.69, 9.17) is 0 Å². The highest BCUT2D eigenvalue weighted by Crippen LogP contribution is 2.52. The van der Waals surface area contributed by atoms with E-state index in [1.54, 1.807) is 0 Å². The van der Waals surface area contributed by atoms with Crippen LogP contribution in [-0.4, -0.2) is 25.2 Å². The fourth-order valence-electron chi connectivity index (χ4n) is 0.869. The average molecular weight is 196 g/mol. The zero-order valence-electron chi connectivity index (χ0n) is 7.98. The van der Waals surface area contributed by atoms with E-state index in [9.17, 15) is 9.67 Å². The molecular weight excluding hydrogens is 179 g/mol. The summed E-state index contributed by atoms with van der Waals surface area (Å²) in [4.78, 5) is 0. The van der Waals surface area contributed by atoms with Gasteiger partial charge in [0, 0.05) is 14.2 Å². The zero-order chi connectivity index (χ0) is 9.78. The molecule has 0 aliphatic rings. The van der Waals surface area contributed by atoms with E-state index >= 15 is 0 Å². The van der Waals surface area contributed by atoms with Crippen LogP contribution in [0.4, 0.5) is 0 Å². The fraction of sp³-hybridized carbons (Fsp3) is 1.00. The molecule has 0 radical (unpaired) electrons. The Bertz CT molecular complexity index is 161. The van der Waals surface area contributed by atoms with Crippen molar-refractivity contribution in [2.24, 2.45) is 5.92 Å². The summed E-state index contributed by atoms with van der Waals surface area (Å²) >= 11 is 0. The van der Waals surface area contributed by atoms with Crippen LogP contribution >= 0.6 is 7.60 Å². The van der Waals surface area contributed by atoms with Gasteiger partial charge in [-0.05, 0) is 12.3 Å². The SMILES string of the molecule is COP(=O)(OC)[C@H](O)CC(C)C. The fourth-order valence-corrected chi connectivity index (χ4v) is 2.18. The molecule has 0 rings (SSSR count). The van der Waals surface area contributed by atoms with Gasteiger partial charge in [0.05, 0.1) is 0 Å². The van der Waals surface area contributed by atoms with E-state index in [1.165, 1.54) is 14.2 Å². The van der Waals surface area contributed by atoms with Crippen LogP contribution in [0.25, 0.3) is 0 Å². The van der Waals surface area contributed by atoms with Gasteiger partial charge in [0.15, 0.2) is 5.85 Å². The lowest BCUT2D eigenvalue weighted by molar-refractivity contribution is 0.157. The second-order valence-corrected chi connectivity index (χ2v) is 5.42. The largest absolute Gasteiger partial charge is 0.380 e. The van der Waals surface area contributed by atoms with Gasteiger partial charge in [-0.15, -0.1) is 0 Å². The van der Waals surface area contributed by atoms with Gasteiger partial charge in [0.25, 0.3) is 0 Å². The molecule has 0 bridgehead atoms. The minimum absolute atomic E-state index is 0.263. The molecule has 0 aliphatic heterocycles. The topological polar surface area (TPSA) is 55.8 Å². The van der Waals surface area contributed by atoms with Crippen LogP contribution in [0.2, 0.25) is 0 Å². The summed E-state index contributed by atoms with van der Waals surface area (Å²) in [5.41, 5.74) is 0. The summed E-state index contributed by atoms with van der Waals surface area (Å²) in [6, 6.07) is 0. The van der Waals surface area contributed by atoms with Crippen molar-refractivity contribution < 1.29 is 18.7 Å². The molecule has 74 valence electrons. The highest BCUT2D eigenvalue weighted by Gasteiger charge is 2.32. The van der Waals surface area contributed by atoms with Crippen molar-refractivity contribution in [1.29, 1.82) is 0 Å². The Morgan fingerprint density at radius 3 is 2.00 bits per heavy atom. The van der Waals surface area contributed by atoms with E-state index < -0.39 is 13.4 Å². The molecule has 0 saturated carbocycles. The predicted octanol–water partition coefficient (Wildman–Crippen LogP) is 1.84. The Kier molecular flexibility index (Phi) is 5.02. The third kappa shape index (κ3) is 3.23. The minimum atomic E-state index is -3.27. The Morgan fingerprint density at radius 1 is 1.33 bits per heavy atom. The van der Waals surface area contributed by atoms with Crippen molar-refractivity contribution in [3.8, 4) is 0 Å². The van der Waals surface area contributed by atoms with E-state index in [2.05, 4.69) is 9.05 Å². The molecular formula is C7H17O4P. The molecule has 0 saturated heterocycles. The zero-order valence-corrected chi connectivity index (χ0v) is 8.88. The van der Waals surface area contributed by atoms with Gasteiger partial charge < -0.3 is 14.2 Å². The Morgan fingerprint density at radius 2 is 1.75 bits per heavy atom. The van der Waals surface area contributed by atoms with E-state index in [-0.39, 0.29) is 5.92 Å². The van der Waals surface area contributed by atoms with Crippen molar-refractivity contribution in [3.63, 3.8) is 0 Å². The number of hydrogen-bond donors (Lipinski definition) is 1. The maximum Gasteiger partial charge on any atom is 0.358 e. The van der Waals surface area contributed by atoms with Crippen molar-refractivity contribution in [1.82, 2.24) is 0 Å². The van der Waals surface area contributed by atoms with Crippen molar-refractivity contribution in [3.05, 3.63) is 0 Å². The van der Waals surface area contributed by atoms with Gasteiger partial charge in [-0.3, -0.25) is 4.57 Å². The molecule has 0 aromatic carbocycles. The maximum atomic E-state index is 11.5. The first-order valence-electron chi connectivity index (χ1n) is 3.85. The summed E-state index contributed by atoms with van der Waals surface area (Å²) in [6.45, 7) is 3.86.